The van der Waals surface area contributed by atoms with Gasteiger partial charge in [0.1, 0.15) is 11.5 Å². The van der Waals surface area contributed by atoms with E-state index in [0.717, 1.165) is 22.6 Å². The fourth-order valence-corrected chi connectivity index (χ4v) is 4.38. The molecule has 3 aromatic heterocycles. The van der Waals surface area contributed by atoms with Crippen molar-refractivity contribution in [2.45, 2.75) is 34.1 Å². The third-order valence-corrected chi connectivity index (χ3v) is 5.21. The van der Waals surface area contributed by atoms with Crippen LogP contribution in [0.4, 0.5) is 0 Å². The first-order valence-electron chi connectivity index (χ1n) is 8.11. The average Bonchev–Trinajstić information content (AvgIpc) is 3.09. The minimum Gasteiger partial charge on any atom is -0.263 e. The van der Waals surface area contributed by atoms with Crippen LogP contribution in [0.15, 0.2) is 30.5 Å². The summed E-state index contributed by atoms with van der Waals surface area (Å²) in [5.41, 5.74) is 2.51. The predicted molar refractivity (Wildman–Crippen MR) is 100 cm³/mol. The first-order valence-corrected chi connectivity index (χ1v) is 8.92. The molecule has 5 heteroatoms. The molecule has 4 rings (SSSR count). The minimum absolute atomic E-state index is 0.249. The van der Waals surface area contributed by atoms with E-state index in [1.807, 2.05) is 13.1 Å². The number of hydrogen-bond acceptors (Lipinski definition) is 4. The van der Waals surface area contributed by atoms with E-state index in [2.05, 4.69) is 65.2 Å². The number of fused-ring (bicyclic) bond motifs is 3. The van der Waals surface area contributed by atoms with E-state index in [1.54, 1.807) is 11.3 Å². The third kappa shape index (κ3) is 2.59. The van der Waals surface area contributed by atoms with Crippen molar-refractivity contribution in [3.05, 3.63) is 41.9 Å². The zero-order valence-corrected chi connectivity index (χ0v) is 15.2. The second kappa shape index (κ2) is 5.38. The number of aryl methyl sites for hydroxylation is 1. The van der Waals surface area contributed by atoms with Crippen LogP contribution in [0, 0.1) is 12.3 Å². The van der Waals surface area contributed by atoms with E-state index in [4.69, 9.17) is 0 Å². The maximum Gasteiger partial charge on any atom is 0.201 e. The lowest BCUT2D eigenvalue weighted by Gasteiger charge is -2.18. The molecule has 24 heavy (non-hydrogen) atoms. The lowest BCUT2D eigenvalue weighted by atomic mass is 9.86. The highest BCUT2D eigenvalue weighted by molar-refractivity contribution is 7.26. The van der Waals surface area contributed by atoms with Crippen molar-refractivity contribution in [2.75, 3.05) is 0 Å². The Morgan fingerprint density at radius 3 is 2.71 bits per heavy atom. The summed E-state index contributed by atoms with van der Waals surface area (Å²) in [6, 6.07) is 8.71. The maximum atomic E-state index is 4.56. The fraction of sp³-hybridized carbons (Fsp3) is 0.316. The summed E-state index contributed by atoms with van der Waals surface area (Å²) < 4.78 is 2.46. The number of benzene rings is 1. The highest BCUT2D eigenvalue weighted by Crippen LogP contribution is 2.40. The molecule has 1 N–H and O–H groups in total. The van der Waals surface area contributed by atoms with E-state index >= 15 is 0 Å². The number of thiophene rings is 1. The van der Waals surface area contributed by atoms with E-state index in [1.165, 1.54) is 21.0 Å². The monoisotopic (exact) mass is 336 g/mol. The molecule has 0 aliphatic rings. The van der Waals surface area contributed by atoms with Gasteiger partial charge in [-0.3, -0.25) is 10.1 Å². The van der Waals surface area contributed by atoms with Crippen molar-refractivity contribution < 1.29 is 0 Å². The van der Waals surface area contributed by atoms with E-state index in [-0.39, 0.29) is 5.41 Å². The van der Waals surface area contributed by atoms with Crippen LogP contribution in [0.2, 0.25) is 0 Å². The van der Waals surface area contributed by atoms with Gasteiger partial charge in [0.05, 0.1) is 4.70 Å². The second-order valence-electron chi connectivity index (χ2n) is 7.41. The van der Waals surface area contributed by atoms with Gasteiger partial charge in [-0.2, -0.15) is 5.10 Å². The van der Waals surface area contributed by atoms with E-state index in [9.17, 15) is 0 Å². The minimum atomic E-state index is 0.249. The molecular weight excluding hydrogens is 316 g/mol. The Morgan fingerprint density at radius 1 is 1.17 bits per heavy atom. The molecule has 0 spiro atoms. The molecule has 0 saturated heterocycles. The summed E-state index contributed by atoms with van der Waals surface area (Å²) in [4.78, 5) is 9.02. The molecule has 0 unspecified atom stereocenters. The number of nitrogens with one attached hydrogen (secondary N) is 1. The molecule has 3 heterocycles. The van der Waals surface area contributed by atoms with Gasteiger partial charge < -0.3 is 0 Å². The lowest BCUT2D eigenvalue weighted by molar-refractivity contribution is 0.413. The van der Waals surface area contributed by atoms with Gasteiger partial charge in [0.25, 0.3) is 0 Å². The molecule has 0 aliphatic heterocycles. The van der Waals surface area contributed by atoms with Gasteiger partial charge in [0.2, 0.25) is 5.82 Å². The van der Waals surface area contributed by atoms with E-state index in [0.29, 0.717) is 5.82 Å². The summed E-state index contributed by atoms with van der Waals surface area (Å²) in [5, 5.41) is 9.81. The molecule has 122 valence electrons. The lowest BCUT2D eigenvalue weighted by Crippen LogP contribution is -2.09. The zero-order chi connectivity index (χ0) is 16.9. The predicted octanol–water partition coefficient (Wildman–Crippen LogP) is 5.13. The maximum absolute atomic E-state index is 4.56. The quantitative estimate of drug-likeness (QED) is 0.552. The van der Waals surface area contributed by atoms with Crippen LogP contribution in [0.25, 0.3) is 31.7 Å². The number of pyridine rings is 1. The van der Waals surface area contributed by atoms with Crippen molar-refractivity contribution in [1.82, 2.24) is 20.2 Å². The van der Waals surface area contributed by atoms with Gasteiger partial charge in [-0.25, -0.2) is 4.98 Å². The zero-order valence-electron chi connectivity index (χ0n) is 14.3. The summed E-state index contributed by atoms with van der Waals surface area (Å²) in [7, 11) is 0. The van der Waals surface area contributed by atoms with Crippen LogP contribution in [-0.4, -0.2) is 20.2 Å². The Kier molecular flexibility index (Phi) is 3.42. The highest BCUT2D eigenvalue weighted by atomic mass is 32.1. The number of nitrogens with zero attached hydrogens (tertiary/aromatic N) is 3. The molecule has 0 atom stereocenters. The van der Waals surface area contributed by atoms with Crippen LogP contribution in [0.3, 0.4) is 0 Å². The molecular formula is C19H20N4S. The van der Waals surface area contributed by atoms with Crippen molar-refractivity contribution in [3.63, 3.8) is 0 Å². The number of rotatable bonds is 2. The smallest absolute Gasteiger partial charge is 0.201 e. The van der Waals surface area contributed by atoms with Crippen LogP contribution in [0.1, 0.15) is 32.2 Å². The summed E-state index contributed by atoms with van der Waals surface area (Å²) in [6.07, 6.45) is 2.91. The SMILES string of the molecule is Cc1nc(-c2nccc3c2sc2cccc(CC(C)(C)C)c23)n[nH]1. The molecule has 0 fully saturated rings. The van der Waals surface area contributed by atoms with Gasteiger partial charge in [-0.1, -0.05) is 32.9 Å². The number of aromatic nitrogens is 4. The topological polar surface area (TPSA) is 54.5 Å². The summed E-state index contributed by atoms with van der Waals surface area (Å²) in [5.74, 6) is 1.47. The summed E-state index contributed by atoms with van der Waals surface area (Å²) in [6.45, 7) is 8.75. The molecule has 4 nitrogen and oxygen atoms in total. The molecule has 0 bridgehead atoms. The molecule has 4 aromatic rings. The molecule has 0 saturated carbocycles. The Morgan fingerprint density at radius 2 is 2.00 bits per heavy atom. The molecule has 1 aromatic carbocycles. The first-order chi connectivity index (χ1) is 11.4. The van der Waals surface area contributed by atoms with Gasteiger partial charge >= 0.3 is 0 Å². The normalized spacial score (nSPS) is 12.3. The molecule has 0 amide bonds. The van der Waals surface area contributed by atoms with Gasteiger partial charge in [0, 0.05) is 21.7 Å². The standard InChI is InChI=1S/C19H20N4S/c1-11-21-18(23-22-11)16-17-13(8-9-20-16)15-12(10-19(2,3)4)6-5-7-14(15)24-17/h5-9H,10H2,1-4H3,(H,21,22,23). The Bertz CT molecular complexity index is 1040. The van der Waals surface area contributed by atoms with Crippen molar-refractivity contribution in [3.8, 4) is 11.5 Å². The summed E-state index contributed by atoms with van der Waals surface area (Å²) >= 11 is 1.78. The van der Waals surface area contributed by atoms with Crippen molar-refractivity contribution in [1.29, 1.82) is 0 Å². The fourth-order valence-electron chi connectivity index (χ4n) is 3.15. The third-order valence-electron chi connectivity index (χ3n) is 4.03. The van der Waals surface area contributed by atoms with Crippen LogP contribution in [0.5, 0.6) is 0 Å². The van der Waals surface area contributed by atoms with Gasteiger partial charge in [-0.15, -0.1) is 11.3 Å². The largest absolute Gasteiger partial charge is 0.263 e. The first kappa shape index (κ1) is 15.3. The number of H-pyrrole nitrogens is 1. The molecule has 0 aliphatic carbocycles. The van der Waals surface area contributed by atoms with Crippen molar-refractivity contribution in [2.24, 2.45) is 5.41 Å². The Labute approximate surface area is 145 Å². The van der Waals surface area contributed by atoms with Crippen LogP contribution in [-0.2, 0) is 6.42 Å². The van der Waals surface area contributed by atoms with Crippen LogP contribution >= 0.6 is 11.3 Å². The van der Waals surface area contributed by atoms with Gasteiger partial charge in [-0.05, 0) is 36.5 Å². The van der Waals surface area contributed by atoms with Crippen LogP contribution < -0.4 is 0 Å². The highest BCUT2D eigenvalue weighted by Gasteiger charge is 2.19. The number of hydrogen-bond donors (Lipinski definition) is 1. The van der Waals surface area contributed by atoms with Crippen molar-refractivity contribution >= 4 is 31.5 Å². The Balaban J connectivity index is 2.01. The van der Waals surface area contributed by atoms with Gasteiger partial charge in [0.15, 0.2) is 0 Å². The number of aromatic amines is 1. The Hall–Kier alpha value is -2.27. The van der Waals surface area contributed by atoms with E-state index < -0.39 is 0 Å². The second-order valence-corrected chi connectivity index (χ2v) is 8.46. The molecule has 0 radical (unpaired) electrons. The average molecular weight is 336 g/mol.